The zero-order valence-electron chi connectivity index (χ0n) is 9.95. The van der Waals surface area contributed by atoms with E-state index in [9.17, 15) is 14.9 Å². The molecule has 1 N–H and O–H groups in total. The van der Waals surface area contributed by atoms with Crippen molar-refractivity contribution in [3.63, 3.8) is 0 Å². The van der Waals surface area contributed by atoms with Crippen molar-refractivity contribution < 1.29 is 19.6 Å². The fraction of sp³-hybridized carbons (Fsp3) is 0. The average molecular weight is 294 g/mol. The van der Waals surface area contributed by atoms with Gasteiger partial charge in [0.25, 0.3) is 5.69 Å². The highest BCUT2D eigenvalue weighted by Crippen LogP contribution is 2.37. The van der Waals surface area contributed by atoms with Crippen molar-refractivity contribution in [2.45, 2.75) is 0 Å². The van der Waals surface area contributed by atoms with Crippen molar-refractivity contribution in [1.29, 1.82) is 0 Å². The highest BCUT2D eigenvalue weighted by molar-refractivity contribution is 6.33. The Balaban J connectivity index is 2.63. The summed E-state index contributed by atoms with van der Waals surface area (Å²) in [4.78, 5) is 20.9. The average Bonchev–Trinajstić information content (AvgIpc) is 2.39. The number of hydrogen-bond donors (Lipinski definition) is 1. The molecule has 0 unspecified atom stereocenters. The van der Waals surface area contributed by atoms with E-state index in [-0.39, 0.29) is 17.0 Å². The Bertz CT molecular complexity index is 686. The fourth-order valence-electron chi connectivity index (χ4n) is 1.70. The number of benzene rings is 2. The van der Waals surface area contributed by atoms with Gasteiger partial charge in [-0.05, 0) is 12.1 Å². The maximum atomic E-state index is 10.8. The van der Waals surface area contributed by atoms with Gasteiger partial charge in [-0.1, -0.05) is 29.8 Å². The summed E-state index contributed by atoms with van der Waals surface area (Å²) in [7, 11) is 0. The van der Waals surface area contributed by atoms with E-state index in [4.69, 9.17) is 16.7 Å². The SMILES string of the molecule is O=C(O)Oc1ccc([N+](=O)[O-])cc1-c1ccccc1Cl. The summed E-state index contributed by atoms with van der Waals surface area (Å²) in [6.07, 6.45) is -1.51. The van der Waals surface area contributed by atoms with Crippen LogP contribution in [0.1, 0.15) is 0 Å². The van der Waals surface area contributed by atoms with E-state index in [2.05, 4.69) is 4.74 Å². The Morgan fingerprint density at radius 1 is 1.20 bits per heavy atom. The molecule has 7 heteroatoms. The van der Waals surface area contributed by atoms with Crippen LogP contribution in [-0.2, 0) is 0 Å². The van der Waals surface area contributed by atoms with Crippen LogP contribution in [0.5, 0.6) is 5.75 Å². The molecule has 0 aliphatic rings. The van der Waals surface area contributed by atoms with E-state index in [1.54, 1.807) is 24.3 Å². The van der Waals surface area contributed by atoms with Gasteiger partial charge < -0.3 is 9.84 Å². The molecule has 0 aliphatic heterocycles. The molecular formula is C13H8ClNO5. The molecule has 0 spiro atoms. The van der Waals surface area contributed by atoms with Crippen LogP contribution in [-0.4, -0.2) is 16.2 Å². The van der Waals surface area contributed by atoms with Crippen molar-refractivity contribution in [3.8, 4) is 16.9 Å². The van der Waals surface area contributed by atoms with E-state index in [0.717, 1.165) is 0 Å². The van der Waals surface area contributed by atoms with E-state index in [0.29, 0.717) is 10.6 Å². The Kier molecular flexibility index (Phi) is 3.86. The van der Waals surface area contributed by atoms with Gasteiger partial charge in [-0.2, -0.15) is 0 Å². The van der Waals surface area contributed by atoms with Gasteiger partial charge in [-0.25, -0.2) is 4.79 Å². The van der Waals surface area contributed by atoms with E-state index in [1.165, 1.54) is 18.2 Å². The topological polar surface area (TPSA) is 89.7 Å². The lowest BCUT2D eigenvalue weighted by atomic mass is 10.0. The monoisotopic (exact) mass is 293 g/mol. The number of ether oxygens (including phenoxy) is 1. The second-order valence-corrected chi connectivity index (χ2v) is 4.19. The first-order valence-corrected chi connectivity index (χ1v) is 5.81. The lowest BCUT2D eigenvalue weighted by Gasteiger charge is -2.09. The third kappa shape index (κ3) is 2.86. The van der Waals surface area contributed by atoms with Gasteiger partial charge in [0.05, 0.1) is 4.92 Å². The summed E-state index contributed by atoms with van der Waals surface area (Å²) in [6, 6.07) is 10.2. The quantitative estimate of drug-likeness (QED) is 0.400. The van der Waals surface area contributed by atoms with Crippen molar-refractivity contribution in [3.05, 3.63) is 57.6 Å². The summed E-state index contributed by atoms with van der Waals surface area (Å²) in [6.45, 7) is 0. The zero-order valence-corrected chi connectivity index (χ0v) is 10.7. The smallest absolute Gasteiger partial charge is 0.449 e. The minimum atomic E-state index is -1.51. The standard InChI is InChI=1S/C13H8ClNO5/c14-11-4-2-1-3-9(11)10-7-8(15(18)19)5-6-12(10)20-13(16)17/h1-7H,(H,16,17). The van der Waals surface area contributed by atoms with Crippen LogP contribution in [0.3, 0.4) is 0 Å². The predicted octanol–water partition coefficient (Wildman–Crippen LogP) is 3.97. The number of halogens is 1. The predicted molar refractivity (Wildman–Crippen MR) is 72.2 cm³/mol. The van der Waals surface area contributed by atoms with Crippen LogP contribution >= 0.6 is 11.6 Å². The van der Waals surface area contributed by atoms with Crippen molar-refractivity contribution >= 4 is 23.4 Å². The zero-order chi connectivity index (χ0) is 14.7. The summed E-state index contributed by atoms with van der Waals surface area (Å²) >= 11 is 6.03. The number of non-ortho nitro benzene ring substituents is 1. The molecule has 0 heterocycles. The molecular weight excluding hydrogens is 286 g/mol. The first kappa shape index (κ1) is 13.8. The molecule has 2 aromatic carbocycles. The maximum Gasteiger partial charge on any atom is 0.511 e. The van der Waals surface area contributed by atoms with Crippen molar-refractivity contribution in [2.24, 2.45) is 0 Å². The van der Waals surface area contributed by atoms with Gasteiger partial charge in [0.1, 0.15) is 5.75 Å². The van der Waals surface area contributed by atoms with Crippen LogP contribution in [0.2, 0.25) is 5.02 Å². The van der Waals surface area contributed by atoms with Crippen LogP contribution < -0.4 is 4.74 Å². The lowest BCUT2D eigenvalue weighted by molar-refractivity contribution is -0.384. The van der Waals surface area contributed by atoms with Crippen LogP contribution in [0, 0.1) is 10.1 Å². The number of nitro groups is 1. The number of carboxylic acid groups (broad SMARTS) is 1. The minimum Gasteiger partial charge on any atom is -0.449 e. The molecule has 0 saturated carbocycles. The molecule has 0 saturated heterocycles. The Morgan fingerprint density at radius 2 is 1.90 bits per heavy atom. The number of hydrogen-bond acceptors (Lipinski definition) is 4. The summed E-state index contributed by atoms with van der Waals surface area (Å²) in [5, 5.41) is 19.9. The number of nitro benzene ring substituents is 1. The molecule has 0 radical (unpaired) electrons. The molecule has 0 aromatic heterocycles. The molecule has 0 fully saturated rings. The van der Waals surface area contributed by atoms with Gasteiger partial charge >= 0.3 is 6.16 Å². The fourth-order valence-corrected chi connectivity index (χ4v) is 1.94. The van der Waals surface area contributed by atoms with Crippen LogP contribution in [0.25, 0.3) is 11.1 Å². The third-order valence-electron chi connectivity index (χ3n) is 2.54. The number of carbonyl (C=O) groups is 1. The molecule has 0 aliphatic carbocycles. The molecule has 2 rings (SSSR count). The molecule has 2 aromatic rings. The lowest BCUT2D eigenvalue weighted by Crippen LogP contribution is -2.04. The molecule has 6 nitrogen and oxygen atoms in total. The summed E-state index contributed by atoms with van der Waals surface area (Å²) in [5.74, 6) is -0.0174. The number of rotatable bonds is 3. The van der Waals surface area contributed by atoms with Gasteiger partial charge in [-0.15, -0.1) is 0 Å². The summed E-state index contributed by atoms with van der Waals surface area (Å²) < 4.78 is 4.62. The summed E-state index contributed by atoms with van der Waals surface area (Å²) in [5.41, 5.74) is 0.513. The molecule has 0 bridgehead atoms. The maximum absolute atomic E-state index is 10.8. The second kappa shape index (κ2) is 5.58. The van der Waals surface area contributed by atoms with Gasteiger partial charge in [-0.3, -0.25) is 10.1 Å². The molecule has 20 heavy (non-hydrogen) atoms. The first-order chi connectivity index (χ1) is 9.49. The van der Waals surface area contributed by atoms with Gasteiger partial charge in [0.15, 0.2) is 0 Å². The Labute approximate surface area is 118 Å². The van der Waals surface area contributed by atoms with Crippen molar-refractivity contribution in [2.75, 3.05) is 0 Å². The van der Waals surface area contributed by atoms with Crippen LogP contribution in [0.4, 0.5) is 10.5 Å². The van der Waals surface area contributed by atoms with Crippen molar-refractivity contribution in [1.82, 2.24) is 0 Å². The Morgan fingerprint density at radius 3 is 2.50 bits per heavy atom. The largest absolute Gasteiger partial charge is 0.511 e. The molecule has 0 atom stereocenters. The normalized spacial score (nSPS) is 10.1. The molecule has 102 valence electrons. The highest BCUT2D eigenvalue weighted by atomic mass is 35.5. The number of nitrogens with zero attached hydrogens (tertiary/aromatic N) is 1. The molecule has 0 amide bonds. The van der Waals surface area contributed by atoms with Crippen LogP contribution in [0.15, 0.2) is 42.5 Å². The third-order valence-corrected chi connectivity index (χ3v) is 2.86. The van der Waals surface area contributed by atoms with E-state index < -0.39 is 11.1 Å². The second-order valence-electron chi connectivity index (χ2n) is 3.79. The minimum absolute atomic E-state index is 0.0174. The van der Waals surface area contributed by atoms with Gasteiger partial charge in [0, 0.05) is 28.3 Å². The highest BCUT2D eigenvalue weighted by Gasteiger charge is 2.17. The van der Waals surface area contributed by atoms with Gasteiger partial charge in [0.2, 0.25) is 0 Å². The van der Waals surface area contributed by atoms with E-state index in [1.807, 2.05) is 0 Å². The van der Waals surface area contributed by atoms with E-state index >= 15 is 0 Å². The Hall–Kier alpha value is -2.60. The first-order valence-electron chi connectivity index (χ1n) is 5.43.